The van der Waals surface area contributed by atoms with Crippen molar-refractivity contribution in [2.75, 3.05) is 6.26 Å². The molecule has 3 rings (SSSR count). The van der Waals surface area contributed by atoms with Gasteiger partial charge in [-0.15, -0.1) is 0 Å². The standard InChI is InChI=1S/C20H25ClN4O2S/c1-6-13(7-2)18-17(8-3)24-25-19(22-12(4)23-20(18)25)15-10-9-14(11-16(15)21)28(5,26)27/h9-11,13H,6-8H2,1-5H3. The lowest BCUT2D eigenvalue weighted by atomic mass is 9.93. The zero-order chi connectivity index (χ0) is 20.6. The van der Waals surface area contributed by atoms with Crippen LogP contribution in [0.1, 0.15) is 56.6 Å². The number of aryl methyl sites for hydroxylation is 2. The van der Waals surface area contributed by atoms with Gasteiger partial charge >= 0.3 is 0 Å². The van der Waals surface area contributed by atoms with E-state index >= 15 is 0 Å². The van der Waals surface area contributed by atoms with E-state index in [0.717, 1.165) is 36.9 Å². The van der Waals surface area contributed by atoms with Gasteiger partial charge in [0, 0.05) is 17.4 Å². The van der Waals surface area contributed by atoms with Crippen LogP contribution in [-0.2, 0) is 16.3 Å². The summed E-state index contributed by atoms with van der Waals surface area (Å²) in [6, 6.07) is 4.69. The second-order valence-electron chi connectivity index (χ2n) is 6.97. The molecule has 3 aromatic rings. The minimum atomic E-state index is -3.34. The maximum Gasteiger partial charge on any atom is 0.175 e. The number of fused-ring (bicyclic) bond motifs is 1. The molecular weight excluding hydrogens is 396 g/mol. The largest absolute Gasteiger partial charge is 0.224 e. The SMILES string of the molecule is CCc1nn2c(-c3ccc(S(C)(=O)=O)cc3Cl)nc(C)nc2c1C(CC)CC. The molecule has 0 fully saturated rings. The average molecular weight is 421 g/mol. The molecule has 6 nitrogen and oxygen atoms in total. The smallest absolute Gasteiger partial charge is 0.175 e. The number of hydrogen-bond donors (Lipinski definition) is 0. The van der Waals surface area contributed by atoms with Gasteiger partial charge in [-0.25, -0.2) is 18.4 Å². The monoisotopic (exact) mass is 420 g/mol. The number of rotatable bonds is 6. The van der Waals surface area contributed by atoms with Crippen LogP contribution in [0.5, 0.6) is 0 Å². The Bertz CT molecular complexity index is 1130. The first-order chi connectivity index (χ1) is 13.2. The zero-order valence-electron chi connectivity index (χ0n) is 16.8. The lowest BCUT2D eigenvalue weighted by molar-refractivity contribution is 0.602. The van der Waals surface area contributed by atoms with Crippen molar-refractivity contribution in [1.82, 2.24) is 19.6 Å². The topological polar surface area (TPSA) is 77.2 Å². The van der Waals surface area contributed by atoms with Crippen LogP contribution >= 0.6 is 11.6 Å². The Hall–Kier alpha value is -1.99. The molecule has 0 unspecified atom stereocenters. The minimum Gasteiger partial charge on any atom is -0.224 e. The second-order valence-corrected chi connectivity index (χ2v) is 9.39. The van der Waals surface area contributed by atoms with Crippen LogP contribution in [-0.4, -0.2) is 34.3 Å². The van der Waals surface area contributed by atoms with Gasteiger partial charge in [0.1, 0.15) is 5.82 Å². The molecule has 8 heteroatoms. The Labute approximate surface area is 170 Å². The van der Waals surface area contributed by atoms with Gasteiger partial charge in [-0.05, 0) is 50.3 Å². The first-order valence-electron chi connectivity index (χ1n) is 9.47. The van der Waals surface area contributed by atoms with Crippen molar-refractivity contribution in [3.8, 4) is 11.4 Å². The van der Waals surface area contributed by atoms with E-state index in [-0.39, 0.29) is 4.90 Å². The van der Waals surface area contributed by atoms with Crippen LogP contribution < -0.4 is 0 Å². The van der Waals surface area contributed by atoms with Crippen molar-refractivity contribution in [1.29, 1.82) is 0 Å². The molecular formula is C20H25ClN4O2S. The molecule has 150 valence electrons. The van der Waals surface area contributed by atoms with Crippen LogP contribution in [0.4, 0.5) is 0 Å². The van der Waals surface area contributed by atoms with Gasteiger partial charge in [0.05, 0.1) is 15.6 Å². The van der Waals surface area contributed by atoms with Gasteiger partial charge in [-0.2, -0.15) is 9.61 Å². The van der Waals surface area contributed by atoms with E-state index in [1.165, 1.54) is 11.6 Å². The highest BCUT2D eigenvalue weighted by Gasteiger charge is 2.23. The van der Waals surface area contributed by atoms with E-state index in [0.29, 0.717) is 28.2 Å². The molecule has 0 aliphatic heterocycles. The van der Waals surface area contributed by atoms with E-state index in [9.17, 15) is 8.42 Å². The molecule has 2 aromatic heterocycles. The predicted molar refractivity (Wildman–Crippen MR) is 112 cm³/mol. The van der Waals surface area contributed by atoms with E-state index in [2.05, 4.69) is 30.7 Å². The third kappa shape index (κ3) is 3.65. The van der Waals surface area contributed by atoms with Crippen molar-refractivity contribution in [2.45, 2.75) is 57.8 Å². The third-order valence-electron chi connectivity index (χ3n) is 5.05. The van der Waals surface area contributed by atoms with Gasteiger partial charge in [0.2, 0.25) is 0 Å². The fourth-order valence-electron chi connectivity index (χ4n) is 3.56. The summed E-state index contributed by atoms with van der Waals surface area (Å²) in [5, 5.41) is 5.11. The van der Waals surface area contributed by atoms with Crippen molar-refractivity contribution in [3.05, 3.63) is 40.3 Å². The van der Waals surface area contributed by atoms with E-state index in [4.69, 9.17) is 16.7 Å². The summed E-state index contributed by atoms with van der Waals surface area (Å²) in [5.41, 5.74) is 3.61. The van der Waals surface area contributed by atoms with Crippen molar-refractivity contribution in [2.24, 2.45) is 0 Å². The average Bonchev–Trinajstić information content (AvgIpc) is 3.00. The molecule has 0 atom stereocenters. The normalized spacial score (nSPS) is 12.2. The predicted octanol–water partition coefficient (Wildman–Crippen LogP) is 4.62. The summed E-state index contributed by atoms with van der Waals surface area (Å²) in [5.74, 6) is 1.57. The molecule has 0 spiro atoms. The summed E-state index contributed by atoms with van der Waals surface area (Å²) < 4.78 is 25.4. The number of hydrogen-bond acceptors (Lipinski definition) is 5. The Morgan fingerprint density at radius 2 is 1.82 bits per heavy atom. The molecule has 0 radical (unpaired) electrons. The highest BCUT2D eigenvalue weighted by Crippen LogP contribution is 2.34. The quantitative estimate of drug-likeness (QED) is 0.581. The summed E-state index contributed by atoms with van der Waals surface area (Å²) in [7, 11) is -3.34. The van der Waals surface area contributed by atoms with Gasteiger partial charge in [0.25, 0.3) is 0 Å². The fraction of sp³-hybridized carbons (Fsp3) is 0.450. The van der Waals surface area contributed by atoms with Gasteiger partial charge < -0.3 is 0 Å². The highest BCUT2D eigenvalue weighted by molar-refractivity contribution is 7.90. The molecule has 2 heterocycles. The molecule has 0 N–H and O–H groups in total. The van der Waals surface area contributed by atoms with E-state index in [1.54, 1.807) is 16.6 Å². The molecule has 0 aliphatic carbocycles. The van der Waals surface area contributed by atoms with Crippen LogP contribution in [0.3, 0.4) is 0 Å². The Kier molecular flexibility index (Phi) is 5.77. The first kappa shape index (κ1) is 20.7. The lowest BCUT2D eigenvalue weighted by Crippen LogP contribution is -2.05. The first-order valence-corrected chi connectivity index (χ1v) is 11.7. The van der Waals surface area contributed by atoms with Crippen LogP contribution in [0.25, 0.3) is 17.0 Å². The molecule has 0 saturated carbocycles. The Balaban J connectivity index is 2.31. The number of nitrogens with zero attached hydrogens (tertiary/aromatic N) is 4. The minimum absolute atomic E-state index is 0.177. The molecule has 0 aliphatic rings. The van der Waals surface area contributed by atoms with E-state index in [1.807, 2.05) is 6.92 Å². The third-order valence-corrected chi connectivity index (χ3v) is 6.47. The second kappa shape index (κ2) is 7.79. The van der Waals surface area contributed by atoms with Gasteiger partial charge in [0.15, 0.2) is 21.3 Å². The maximum absolute atomic E-state index is 11.8. The molecule has 1 aromatic carbocycles. The maximum atomic E-state index is 11.8. The van der Waals surface area contributed by atoms with Crippen LogP contribution in [0, 0.1) is 6.92 Å². The molecule has 0 bridgehead atoms. The molecule has 0 saturated heterocycles. The van der Waals surface area contributed by atoms with Gasteiger partial charge in [-0.1, -0.05) is 32.4 Å². The van der Waals surface area contributed by atoms with Crippen molar-refractivity contribution in [3.63, 3.8) is 0 Å². The lowest BCUT2D eigenvalue weighted by Gasteiger charge is -2.13. The fourth-order valence-corrected chi connectivity index (χ4v) is 4.53. The molecule has 0 amide bonds. The Morgan fingerprint density at radius 1 is 1.14 bits per heavy atom. The number of aromatic nitrogens is 4. The van der Waals surface area contributed by atoms with Crippen LogP contribution in [0.2, 0.25) is 5.02 Å². The summed E-state index contributed by atoms with van der Waals surface area (Å²) >= 11 is 6.45. The Morgan fingerprint density at radius 3 is 2.36 bits per heavy atom. The molecule has 28 heavy (non-hydrogen) atoms. The summed E-state index contributed by atoms with van der Waals surface area (Å²) in [6.45, 7) is 8.28. The number of benzene rings is 1. The zero-order valence-corrected chi connectivity index (χ0v) is 18.4. The van der Waals surface area contributed by atoms with E-state index < -0.39 is 9.84 Å². The van der Waals surface area contributed by atoms with Crippen molar-refractivity contribution < 1.29 is 8.42 Å². The summed E-state index contributed by atoms with van der Waals surface area (Å²) in [6.07, 6.45) is 3.98. The summed E-state index contributed by atoms with van der Waals surface area (Å²) in [4.78, 5) is 9.44. The van der Waals surface area contributed by atoms with Crippen molar-refractivity contribution >= 4 is 27.1 Å². The van der Waals surface area contributed by atoms with Crippen LogP contribution in [0.15, 0.2) is 23.1 Å². The van der Waals surface area contributed by atoms with Gasteiger partial charge in [-0.3, -0.25) is 0 Å². The number of sulfone groups is 1. The number of halogens is 1. The highest BCUT2D eigenvalue weighted by atomic mass is 35.5.